The van der Waals surface area contributed by atoms with Crippen molar-refractivity contribution in [3.8, 4) is 23.0 Å². The summed E-state index contributed by atoms with van der Waals surface area (Å²) in [4.78, 5) is 12.3. The van der Waals surface area contributed by atoms with Crippen molar-refractivity contribution >= 4 is 11.6 Å². The number of rotatable bonds is 7. The van der Waals surface area contributed by atoms with Crippen LogP contribution in [-0.4, -0.2) is 40.1 Å². The second kappa shape index (κ2) is 8.75. The smallest absolute Gasteiger partial charge is 0.271 e. The molecular formula is C19H22N2O5. The van der Waals surface area contributed by atoms with Gasteiger partial charge in [0.1, 0.15) is 11.5 Å². The zero-order valence-corrected chi connectivity index (χ0v) is 15.5. The van der Waals surface area contributed by atoms with Gasteiger partial charge in [-0.25, -0.2) is 5.43 Å². The predicted octanol–water partition coefficient (Wildman–Crippen LogP) is 2.88. The number of nitrogens with zero attached hydrogens (tertiary/aromatic N) is 1. The fraction of sp³-hybridized carbons (Fsp3) is 0.263. The van der Waals surface area contributed by atoms with Crippen molar-refractivity contribution in [2.45, 2.75) is 6.92 Å². The van der Waals surface area contributed by atoms with Gasteiger partial charge in [-0.1, -0.05) is 0 Å². The second-order valence-electron chi connectivity index (χ2n) is 5.27. The Kier molecular flexibility index (Phi) is 6.43. The largest absolute Gasteiger partial charge is 0.497 e. The van der Waals surface area contributed by atoms with Crippen molar-refractivity contribution in [2.75, 3.05) is 28.4 Å². The predicted molar refractivity (Wildman–Crippen MR) is 98.8 cm³/mol. The normalized spacial score (nSPS) is 10.9. The molecule has 138 valence electrons. The highest BCUT2D eigenvalue weighted by Gasteiger charge is 2.12. The summed E-state index contributed by atoms with van der Waals surface area (Å²) >= 11 is 0. The lowest BCUT2D eigenvalue weighted by Crippen LogP contribution is -2.19. The zero-order valence-electron chi connectivity index (χ0n) is 15.5. The lowest BCUT2D eigenvalue weighted by Gasteiger charge is -2.11. The third-order valence-corrected chi connectivity index (χ3v) is 3.77. The van der Waals surface area contributed by atoms with Gasteiger partial charge in [0, 0.05) is 17.2 Å². The van der Waals surface area contributed by atoms with E-state index in [1.165, 1.54) is 14.2 Å². The third kappa shape index (κ3) is 4.24. The van der Waals surface area contributed by atoms with Gasteiger partial charge < -0.3 is 18.9 Å². The molecule has 2 aromatic rings. The highest BCUT2D eigenvalue weighted by molar-refractivity contribution is 6.03. The second-order valence-corrected chi connectivity index (χ2v) is 5.27. The Bertz CT molecular complexity index is 818. The Labute approximate surface area is 152 Å². The molecule has 26 heavy (non-hydrogen) atoms. The first-order valence-electron chi connectivity index (χ1n) is 7.83. The van der Waals surface area contributed by atoms with Crippen LogP contribution < -0.4 is 24.4 Å². The molecule has 7 heteroatoms. The SMILES string of the molecule is COc1ccc(C(C)=NNC(=O)c2ccc(OC)c(OC)c2)c(OC)c1. The van der Waals surface area contributed by atoms with E-state index >= 15 is 0 Å². The first-order chi connectivity index (χ1) is 12.5. The molecule has 0 fully saturated rings. The number of methoxy groups -OCH3 is 4. The van der Waals surface area contributed by atoms with Crippen LogP contribution in [0.3, 0.4) is 0 Å². The van der Waals surface area contributed by atoms with Gasteiger partial charge >= 0.3 is 0 Å². The lowest BCUT2D eigenvalue weighted by atomic mass is 10.1. The van der Waals surface area contributed by atoms with E-state index in [9.17, 15) is 4.79 Å². The minimum Gasteiger partial charge on any atom is -0.497 e. The van der Waals surface area contributed by atoms with Crippen LogP contribution in [0.4, 0.5) is 0 Å². The van der Waals surface area contributed by atoms with Crippen LogP contribution in [0.15, 0.2) is 41.5 Å². The number of carbonyl (C=O) groups excluding carboxylic acids is 1. The quantitative estimate of drug-likeness (QED) is 0.608. The van der Waals surface area contributed by atoms with Gasteiger partial charge in [0.15, 0.2) is 11.5 Å². The van der Waals surface area contributed by atoms with Crippen molar-refractivity contribution in [1.29, 1.82) is 0 Å². The van der Waals surface area contributed by atoms with Gasteiger partial charge in [-0.2, -0.15) is 5.10 Å². The molecule has 0 bridgehead atoms. The molecule has 2 aromatic carbocycles. The van der Waals surface area contributed by atoms with Gasteiger partial charge in [-0.05, 0) is 37.3 Å². The number of hydrazone groups is 1. The van der Waals surface area contributed by atoms with E-state index in [0.29, 0.717) is 34.3 Å². The monoisotopic (exact) mass is 358 g/mol. The Morgan fingerprint density at radius 1 is 0.846 bits per heavy atom. The van der Waals surface area contributed by atoms with Crippen molar-refractivity contribution < 1.29 is 23.7 Å². The molecule has 0 spiro atoms. The number of benzene rings is 2. The Balaban J connectivity index is 2.19. The maximum absolute atomic E-state index is 12.3. The summed E-state index contributed by atoms with van der Waals surface area (Å²) in [6.45, 7) is 1.78. The minimum atomic E-state index is -0.363. The number of amides is 1. The summed E-state index contributed by atoms with van der Waals surface area (Å²) in [6, 6.07) is 10.3. The number of hydrogen-bond donors (Lipinski definition) is 1. The summed E-state index contributed by atoms with van der Waals surface area (Å²) in [5.74, 6) is 1.93. The molecular weight excluding hydrogens is 336 g/mol. The first kappa shape index (κ1) is 19.1. The van der Waals surface area contributed by atoms with Crippen LogP contribution in [0.1, 0.15) is 22.8 Å². The van der Waals surface area contributed by atoms with Gasteiger partial charge in [-0.3, -0.25) is 4.79 Å². The standard InChI is InChI=1S/C19H22N2O5/c1-12(15-8-7-14(23-2)11-17(15)25-4)20-21-19(22)13-6-9-16(24-3)18(10-13)26-5/h6-11H,1-5H3,(H,21,22). The van der Waals surface area contributed by atoms with E-state index in [-0.39, 0.29) is 5.91 Å². The summed E-state index contributed by atoms with van der Waals surface area (Å²) in [5, 5.41) is 4.16. The first-order valence-corrected chi connectivity index (χ1v) is 7.83. The van der Waals surface area contributed by atoms with E-state index < -0.39 is 0 Å². The maximum Gasteiger partial charge on any atom is 0.271 e. The Hall–Kier alpha value is -3.22. The molecule has 0 saturated heterocycles. The van der Waals surface area contributed by atoms with Crippen molar-refractivity contribution in [2.24, 2.45) is 5.10 Å². The number of carbonyl (C=O) groups is 1. The molecule has 2 rings (SSSR count). The van der Waals surface area contributed by atoms with E-state index in [1.54, 1.807) is 51.5 Å². The Morgan fingerprint density at radius 2 is 1.54 bits per heavy atom. The molecule has 0 unspecified atom stereocenters. The number of hydrogen-bond acceptors (Lipinski definition) is 6. The summed E-state index contributed by atoms with van der Waals surface area (Å²) in [6.07, 6.45) is 0. The third-order valence-electron chi connectivity index (χ3n) is 3.77. The van der Waals surface area contributed by atoms with E-state index in [1.807, 2.05) is 6.07 Å². The van der Waals surface area contributed by atoms with E-state index in [4.69, 9.17) is 18.9 Å². The van der Waals surface area contributed by atoms with Crippen LogP contribution in [0.5, 0.6) is 23.0 Å². The molecule has 0 saturated carbocycles. The molecule has 0 atom stereocenters. The number of nitrogens with one attached hydrogen (secondary N) is 1. The number of ether oxygens (including phenoxy) is 4. The molecule has 0 aliphatic carbocycles. The zero-order chi connectivity index (χ0) is 19.1. The molecule has 1 amide bonds. The highest BCUT2D eigenvalue weighted by Crippen LogP contribution is 2.27. The average molecular weight is 358 g/mol. The van der Waals surface area contributed by atoms with Gasteiger partial charge in [0.05, 0.1) is 34.2 Å². The summed E-state index contributed by atoms with van der Waals surface area (Å²) < 4.78 is 20.9. The molecule has 7 nitrogen and oxygen atoms in total. The lowest BCUT2D eigenvalue weighted by molar-refractivity contribution is 0.0954. The summed E-state index contributed by atoms with van der Waals surface area (Å²) in [7, 11) is 6.19. The van der Waals surface area contributed by atoms with Crippen molar-refractivity contribution in [1.82, 2.24) is 5.43 Å². The van der Waals surface area contributed by atoms with Crippen LogP contribution >= 0.6 is 0 Å². The fourth-order valence-corrected chi connectivity index (χ4v) is 2.33. The molecule has 1 N–H and O–H groups in total. The topological polar surface area (TPSA) is 78.4 Å². The Morgan fingerprint density at radius 3 is 2.15 bits per heavy atom. The molecule has 0 aliphatic heterocycles. The van der Waals surface area contributed by atoms with E-state index in [2.05, 4.69) is 10.5 Å². The molecule has 0 heterocycles. The fourth-order valence-electron chi connectivity index (χ4n) is 2.33. The molecule has 0 aromatic heterocycles. The van der Waals surface area contributed by atoms with Gasteiger partial charge in [0.2, 0.25) is 0 Å². The van der Waals surface area contributed by atoms with Crippen LogP contribution in [0.2, 0.25) is 0 Å². The molecule has 0 aliphatic rings. The van der Waals surface area contributed by atoms with Crippen molar-refractivity contribution in [3.05, 3.63) is 47.5 Å². The van der Waals surface area contributed by atoms with Gasteiger partial charge in [-0.15, -0.1) is 0 Å². The van der Waals surface area contributed by atoms with E-state index in [0.717, 1.165) is 5.56 Å². The van der Waals surface area contributed by atoms with Crippen LogP contribution in [-0.2, 0) is 0 Å². The maximum atomic E-state index is 12.3. The minimum absolute atomic E-state index is 0.363. The van der Waals surface area contributed by atoms with Crippen LogP contribution in [0, 0.1) is 0 Å². The van der Waals surface area contributed by atoms with Crippen molar-refractivity contribution in [3.63, 3.8) is 0 Å². The van der Waals surface area contributed by atoms with Gasteiger partial charge in [0.25, 0.3) is 5.91 Å². The average Bonchev–Trinajstić information content (AvgIpc) is 2.70. The summed E-state index contributed by atoms with van der Waals surface area (Å²) in [5.41, 5.74) is 4.28. The highest BCUT2D eigenvalue weighted by atomic mass is 16.5. The van der Waals surface area contributed by atoms with Crippen LogP contribution in [0.25, 0.3) is 0 Å². The molecule has 0 radical (unpaired) electrons.